The molecule has 0 spiro atoms. The van der Waals surface area contributed by atoms with Crippen molar-refractivity contribution >= 4 is 6.01 Å². The summed E-state index contributed by atoms with van der Waals surface area (Å²) in [5.41, 5.74) is 3.35. The van der Waals surface area contributed by atoms with Crippen LogP contribution in [0.15, 0.2) is 28.7 Å². The number of benzene rings is 1. The summed E-state index contributed by atoms with van der Waals surface area (Å²) in [7, 11) is 1.63. The highest BCUT2D eigenvalue weighted by Gasteiger charge is 2.05. The van der Waals surface area contributed by atoms with Crippen molar-refractivity contribution in [2.75, 3.05) is 12.5 Å². The van der Waals surface area contributed by atoms with E-state index in [1.165, 1.54) is 0 Å². The van der Waals surface area contributed by atoms with Crippen LogP contribution >= 0.6 is 0 Å². The van der Waals surface area contributed by atoms with Crippen LogP contribution in [0.5, 0.6) is 5.75 Å². The highest BCUT2D eigenvalue weighted by molar-refractivity contribution is 5.28. The van der Waals surface area contributed by atoms with Gasteiger partial charge in [-0.05, 0) is 17.7 Å². The molecule has 0 fully saturated rings. The summed E-state index contributed by atoms with van der Waals surface area (Å²) < 4.78 is 10.3. The van der Waals surface area contributed by atoms with Crippen molar-refractivity contribution in [3.05, 3.63) is 35.7 Å². The Balaban J connectivity index is 2.08. The summed E-state index contributed by atoms with van der Waals surface area (Å²) in [5, 5.41) is 7.52. The van der Waals surface area contributed by atoms with Crippen LogP contribution in [0.1, 0.15) is 11.5 Å². The number of hydrazine groups is 1. The minimum Gasteiger partial charge on any atom is -0.497 e. The van der Waals surface area contributed by atoms with E-state index >= 15 is 0 Å². The molecule has 0 aliphatic rings. The molecule has 0 aliphatic carbocycles. The fourth-order valence-corrected chi connectivity index (χ4v) is 1.30. The van der Waals surface area contributed by atoms with E-state index in [0.29, 0.717) is 12.3 Å². The normalized spacial score (nSPS) is 10.1. The van der Waals surface area contributed by atoms with Gasteiger partial charge in [-0.15, -0.1) is 5.10 Å². The molecule has 6 nitrogen and oxygen atoms in total. The Hall–Kier alpha value is -2.08. The molecular weight excluding hydrogens is 208 g/mol. The van der Waals surface area contributed by atoms with E-state index in [1.807, 2.05) is 24.3 Å². The maximum atomic E-state index is 5.20. The van der Waals surface area contributed by atoms with Crippen LogP contribution in [-0.4, -0.2) is 17.3 Å². The van der Waals surface area contributed by atoms with Crippen LogP contribution in [-0.2, 0) is 6.42 Å². The molecule has 0 bridgehead atoms. The average Bonchev–Trinajstić information content (AvgIpc) is 2.78. The quantitative estimate of drug-likeness (QED) is 0.589. The van der Waals surface area contributed by atoms with Gasteiger partial charge in [-0.3, -0.25) is 5.43 Å². The zero-order valence-electron chi connectivity index (χ0n) is 8.80. The molecule has 3 N–H and O–H groups in total. The van der Waals surface area contributed by atoms with Crippen molar-refractivity contribution in [3.63, 3.8) is 0 Å². The number of nitrogens with one attached hydrogen (secondary N) is 1. The number of nitrogen functional groups attached to an aromatic ring is 1. The predicted octanol–water partition coefficient (Wildman–Crippen LogP) is 0.955. The van der Waals surface area contributed by atoms with Crippen LogP contribution in [0.4, 0.5) is 6.01 Å². The monoisotopic (exact) mass is 220 g/mol. The van der Waals surface area contributed by atoms with E-state index in [1.54, 1.807) is 7.11 Å². The number of nitrogens with two attached hydrogens (primary N) is 1. The van der Waals surface area contributed by atoms with E-state index < -0.39 is 0 Å². The highest BCUT2D eigenvalue weighted by Crippen LogP contribution is 2.14. The van der Waals surface area contributed by atoms with Gasteiger partial charge >= 0.3 is 6.01 Å². The smallest absolute Gasteiger partial charge is 0.330 e. The van der Waals surface area contributed by atoms with E-state index in [9.17, 15) is 0 Å². The maximum Gasteiger partial charge on any atom is 0.330 e. The second kappa shape index (κ2) is 4.63. The van der Waals surface area contributed by atoms with Gasteiger partial charge in [-0.25, -0.2) is 5.84 Å². The van der Waals surface area contributed by atoms with Crippen LogP contribution in [0.2, 0.25) is 0 Å². The topological polar surface area (TPSA) is 86.2 Å². The largest absolute Gasteiger partial charge is 0.497 e. The summed E-state index contributed by atoms with van der Waals surface area (Å²) in [6.45, 7) is 0. The number of aromatic nitrogens is 2. The fraction of sp³-hybridized carbons (Fsp3) is 0.200. The Morgan fingerprint density at radius 3 is 2.62 bits per heavy atom. The van der Waals surface area contributed by atoms with Crippen molar-refractivity contribution in [1.29, 1.82) is 0 Å². The lowest BCUT2D eigenvalue weighted by Gasteiger charge is -2.00. The molecule has 2 aromatic rings. The van der Waals surface area contributed by atoms with Crippen LogP contribution in [0, 0.1) is 0 Å². The number of nitrogens with zero attached hydrogens (tertiary/aromatic N) is 2. The number of hydrogen-bond donors (Lipinski definition) is 2. The first-order valence-corrected chi connectivity index (χ1v) is 4.73. The molecule has 2 rings (SSSR count). The van der Waals surface area contributed by atoms with E-state index in [-0.39, 0.29) is 6.01 Å². The first-order chi connectivity index (χ1) is 7.81. The van der Waals surface area contributed by atoms with Crippen molar-refractivity contribution in [2.45, 2.75) is 6.42 Å². The van der Waals surface area contributed by atoms with Crippen molar-refractivity contribution in [3.8, 4) is 5.75 Å². The van der Waals surface area contributed by atoms with Gasteiger partial charge < -0.3 is 9.15 Å². The Bertz CT molecular complexity index is 452. The molecule has 0 amide bonds. The summed E-state index contributed by atoms with van der Waals surface area (Å²) in [6.07, 6.45) is 0.568. The predicted molar refractivity (Wildman–Crippen MR) is 57.9 cm³/mol. The molecule has 0 saturated heterocycles. The minimum absolute atomic E-state index is 0.212. The first-order valence-electron chi connectivity index (χ1n) is 4.73. The zero-order chi connectivity index (χ0) is 11.4. The Kier molecular flexibility index (Phi) is 3.02. The van der Waals surface area contributed by atoms with Gasteiger partial charge in [-0.1, -0.05) is 17.2 Å². The van der Waals surface area contributed by atoms with E-state index in [4.69, 9.17) is 15.0 Å². The third kappa shape index (κ3) is 2.29. The summed E-state index contributed by atoms with van der Waals surface area (Å²) >= 11 is 0. The zero-order valence-corrected chi connectivity index (χ0v) is 8.80. The average molecular weight is 220 g/mol. The number of rotatable bonds is 4. The van der Waals surface area contributed by atoms with Gasteiger partial charge in [-0.2, -0.15) is 0 Å². The van der Waals surface area contributed by atoms with Crippen LogP contribution in [0.3, 0.4) is 0 Å². The Labute approximate surface area is 92.4 Å². The molecule has 0 radical (unpaired) electrons. The molecule has 1 aromatic carbocycles. The lowest BCUT2D eigenvalue weighted by Crippen LogP contribution is -2.06. The summed E-state index contributed by atoms with van der Waals surface area (Å²) in [5.74, 6) is 6.46. The SMILES string of the molecule is COc1ccc(Cc2nnc(NN)o2)cc1. The fourth-order valence-electron chi connectivity index (χ4n) is 1.30. The number of anilines is 1. The lowest BCUT2D eigenvalue weighted by atomic mass is 10.1. The van der Waals surface area contributed by atoms with Crippen molar-refractivity contribution in [2.24, 2.45) is 5.84 Å². The summed E-state index contributed by atoms with van der Waals surface area (Å²) in [6, 6.07) is 7.86. The molecule has 1 heterocycles. The van der Waals surface area contributed by atoms with Crippen LogP contribution < -0.4 is 16.0 Å². The van der Waals surface area contributed by atoms with Crippen LogP contribution in [0.25, 0.3) is 0 Å². The molecule has 84 valence electrons. The lowest BCUT2D eigenvalue weighted by molar-refractivity contribution is 0.414. The van der Waals surface area contributed by atoms with E-state index in [2.05, 4.69) is 15.6 Å². The van der Waals surface area contributed by atoms with Crippen molar-refractivity contribution in [1.82, 2.24) is 10.2 Å². The molecule has 0 aliphatic heterocycles. The summed E-state index contributed by atoms with van der Waals surface area (Å²) in [4.78, 5) is 0. The first kappa shape index (κ1) is 10.4. The number of hydrogen-bond acceptors (Lipinski definition) is 6. The van der Waals surface area contributed by atoms with Crippen molar-refractivity contribution < 1.29 is 9.15 Å². The molecule has 0 atom stereocenters. The second-order valence-electron chi connectivity index (χ2n) is 3.17. The van der Waals surface area contributed by atoms with Gasteiger partial charge in [0.25, 0.3) is 0 Å². The molecule has 6 heteroatoms. The molecule has 0 saturated carbocycles. The maximum absolute atomic E-state index is 5.20. The number of ether oxygens (including phenoxy) is 1. The van der Waals surface area contributed by atoms with Gasteiger partial charge in [0, 0.05) is 0 Å². The third-order valence-electron chi connectivity index (χ3n) is 2.10. The second-order valence-corrected chi connectivity index (χ2v) is 3.17. The molecule has 0 unspecified atom stereocenters. The molecule has 16 heavy (non-hydrogen) atoms. The molecular formula is C10H12N4O2. The third-order valence-corrected chi connectivity index (χ3v) is 2.10. The molecule has 1 aromatic heterocycles. The highest BCUT2D eigenvalue weighted by atomic mass is 16.5. The van der Waals surface area contributed by atoms with Gasteiger partial charge in [0.2, 0.25) is 5.89 Å². The van der Waals surface area contributed by atoms with E-state index in [0.717, 1.165) is 11.3 Å². The van der Waals surface area contributed by atoms with Gasteiger partial charge in [0.1, 0.15) is 5.75 Å². The number of methoxy groups -OCH3 is 1. The minimum atomic E-state index is 0.212. The Morgan fingerprint density at radius 2 is 2.06 bits per heavy atom. The Morgan fingerprint density at radius 1 is 1.31 bits per heavy atom. The van der Waals surface area contributed by atoms with Gasteiger partial charge in [0.05, 0.1) is 13.5 Å². The van der Waals surface area contributed by atoms with Gasteiger partial charge in [0.15, 0.2) is 0 Å². The standard InChI is InChI=1S/C10H12N4O2/c1-15-8-4-2-7(3-5-8)6-9-13-14-10(12-11)16-9/h2-5H,6,11H2,1H3,(H,12,14).